The van der Waals surface area contributed by atoms with Gasteiger partial charge in [0.15, 0.2) is 5.96 Å². The molecular weight excluding hydrogens is 758 g/mol. The first kappa shape index (κ1) is 49.8. The van der Waals surface area contributed by atoms with Gasteiger partial charge in [-0.25, -0.2) is 4.79 Å². The number of likely N-dealkylation sites (tertiary alicyclic amines) is 1. The lowest BCUT2D eigenvalue weighted by atomic mass is 10.0. The van der Waals surface area contributed by atoms with Crippen LogP contribution in [0.2, 0.25) is 0 Å². The lowest BCUT2D eigenvalue weighted by Gasteiger charge is -2.30. The third-order valence-corrected chi connectivity index (χ3v) is 8.94. The lowest BCUT2D eigenvalue weighted by Crippen LogP contribution is -2.61. The molecule has 0 bridgehead atoms. The average molecular weight is 818 g/mol. The fourth-order valence-electron chi connectivity index (χ4n) is 5.69. The Morgan fingerprint density at radius 2 is 1.30 bits per heavy atom. The van der Waals surface area contributed by atoms with Gasteiger partial charge in [0.05, 0.1) is 18.8 Å². The van der Waals surface area contributed by atoms with Crippen LogP contribution in [0.1, 0.15) is 71.6 Å². The highest BCUT2D eigenvalue weighted by molar-refractivity contribution is 5.97. The number of nitrogens with zero attached hydrogens (tertiary/aromatic N) is 2. The van der Waals surface area contributed by atoms with Gasteiger partial charge in [0, 0.05) is 19.5 Å². The van der Waals surface area contributed by atoms with Gasteiger partial charge in [-0.2, -0.15) is 0 Å². The second-order valence-corrected chi connectivity index (χ2v) is 13.6. The Bertz CT molecular complexity index is 1430. The SMILES string of the molecule is CC(O)C(N)C(=O)N1CCCC1C(=O)NC(C(=O)NC(CCCCN)C(=O)NC(CO)C(=O)NC(CCC(=O)O)C(=O)NC(CCCN=C(N)N)C(=O)O)C(C)O. The number of nitrogens with two attached hydrogens (primary N) is 4. The van der Waals surface area contributed by atoms with E-state index in [0.29, 0.717) is 12.8 Å². The van der Waals surface area contributed by atoms with Crippen molar-refractivity contribution in [1.82, 2.24) is 31.5 Å². The molecule has 1 aliphatic rings. The first-order valence-electron chi connectivity index (χ1n) is 18.5. The molecule has 1 heterocycles. The van der Waals surface area contributed by atoms with Crippen molar-refractivity contribution >= 4 is 53.3 Å². The van der Waals surface area contributed by atoms with Crippen LogP contribution >= 0.6 is 0 Å². The van der Waals surface area contributed by atoms with Gasteiger partial charge in [0.2, 0.25) is 35.4 Å². The number of aliphatic hydroxyl groups excluding tert-OH is 3. The summed E-state index contributed by atoms with van der Waals surface area (Å²) in [4.78, 5) is 107. The van der Waals surface area contributed by atoms with Gasteiger partial charge < -0.3 is 80.0 Å². The van der Waals surface area contributed by atoms with Crippen LogP contribution in [0, 0.1) is 0 Å². The molecular formula is C33H59N11O13. The van der Waals surface area contributed by atoms with Gasteiger partial charge in [-0.1, -0.05) is 0 Å². The maximum absolute atomic E-state index is 13.5. The normalized spacial score (nSPS) is 17.9. The Hall–Kier alpha value is -5.17. The molecule has 6 amide bonds. The van der Waals surface area contributed by atoms with E-state index >= 15 is 0 Å². The van der Waals surface area contributed by atoms with Gasteiger partial charge >= 0.3 is 11.9 Å². The fraction of sp³-hybridized carbons (Fsp3) is 0.727. The van der Waals surface area contributed by atoms with E-state index in [-0.39, 0.29) is 57.7 Å². The smallest absolute Gasteiger partial charge is 0.326 e. The molecule has 57 heavy (non-hydrogen) atoms. The van der Waals surface area contributed by atoms with Crippen LogP contribution in [0.15, 0.2) is 4.99 Å². The van der Waals surface area contributed by atoms with E-state index in [2.05, 4.69) is 31.6 Å². The number of rotatable bonds is 26. The molecule has 0 radical (unpaired) electrons. The second kappa shape index (κ2) is 25.2. The number of amides is 6. The van der Waals surface area contributed by atoms with Crippen molar-refractivity contribution in [3.8, 4) is 0 Å². The number of hydrogen-bond acceptors (Lipinski definition) is 14. The zero-order chi connectivity index (χ0) is 43.4. The number of aliphatic carboxylic acids is 2. The van der Waals surface area contributed by atoms with Gasteiger partial charge in [0.1, 0.15) is 42.3 Å². The van der Waals surface area contributed by atoms with E-state index in [0.717, 1.165) is 0 Å². The predicted octanol–water partition coefficient (Wildman–Crippen LogP) is -6.39. The number of unbranched alkanes of at least 4 members (excludes halogenated alkanes) is 1. The summed E-state index contributed by atoms with van der Waals surface area (Å²) in [6.45, 7) is 1.88. The molecule has 9 unspecified atom stereocenters. The van der Waals surface area contributed by atoms with Gasteiger partial charge in [0.25, 0.3) is 0 Å². The maximum Gasteiger partial charge on any atom is 0.326 e. The summed E-state index contributed by atoms with van der Waals surface area (Å²) in [6, 6.07) is -10.3. The predicted molar refractivity (Wildman–Crippen MR) is 200 cm³/mol. The van der Waals surface area contributed by atoms with Gasteiger partial charge in [-0.05, 0) is 71.8 Å². The Morgan fingerprint density at radius 3 is 1.82 bits per heavy atom. The molecule has 0 aliphatic carbocycles. The number of carbonyl (C=O) groups excluding carboxylic acids is 6. The van der Waals surface area contributed by atoms with E-state index < -0.39 is 121 Å². The van der Waals surface area contributed by atoms with E-state index in [9.17, 15) is 63.9 Å². The molecule has 1 fully saturated rings. The number of aliphatic hydroxyl groups is 3. The van der Waals surface area contributed by atoms with Gasteiger partial charge in [-0.15, -0.1) is 0 Å². The molecule has 0 saturated carbocycles. The van der Waals surface area contributed by atoms with Crippen LogP contribution in [0.4, 0.5) is 0 Å². The molecule has 0 aromatic rings. The van der Waals surface area contributed by atoms with Crippen LogP contribution in [0.25, 0.3) is 0 Å². The third kappa shape index (κ3) is 17.2. The summed E-state index contributed by atoms with van der Waals surface area (Å²) in [5.41, 5.74) is 21.9. The summed E-state index contributed by atoms with van der Waals surface area (Å²) in [5, 5.41) is 60.6. The van der Waals surface area contributed by atoms with Crippen molar-refractivity contribution in [1.29, 1.82) is 0 Å². The van der Waals surface area contributed by atoms with Crippen molar-refractivity contribution in [2.45, 2.75) is 126 Å². The minimum absolute atomic E-state index is 0.0452. The summed E-state index contributed by atoms with van der Waals surface area (Å²) >= 11 is 0. The first-order valence-corrected chi connectivity index (χ1v) is 18.5. The Kier molecular flexibility index (Phi) is 22.0. The van der Waals surface area contributed by atoms with Crippen LogP contribution in [-0.2, 0) is 38.4 Å². The highest BCUT2D eigenvalue weighted by Crippen LogP contribution is 2.19. The summed E-state index contributed by atoms with van der Waals surface area (Å²) in [5.74, 6) is -8.78. The molecule has 0 aromatic carbocycles. The zero-order valence-electron chi connectivity index (χ0n) is 32.1. The minimum atomic E-state index is -1.77. The highest BCUT2D eigenvalue weighted by atomic mass is 16.4. The monoisotopic (exact) mass is 817 g/mol. The first-order chi connectivity index (χ1) is 26.7. The second-order valence-electron chi connectivity index (χ2n) is 13.6. The van der Waals surface area contributed by atoms with E-state index in [4.69, 9.17) is 22.9 Å². The number of nitrogens with one attached hydrogen (secondary N) is 5. The van der Waals surface area contributed by atoms with Crippen molar-refractivity contribution in [3.63, 3.8) is 0 Å². The van der Waals surface area contributed by atoms with Crippen LogP contribution in [0.5, 0.6) is 0 Å². The van der Waals surface area contributed by atoms with E-state index in [1.165, 1.54) is 18.7 Å². The molecule has 1 saturated heterocycles. The lowest BCUT2D eigenvalue weighted by molar-refractivity contribution is -0.143. The van der Waals surface area contributed by atoms with E-state index in [1.807, 2.05) is 0 Å². The molecule has 24 heteroatoms. The average Bonchev–Trinajstić information content (AvgIpc) is 3.64. The Balaban J connectivity index is 3.16. The van der Waals surface area contributed by atoms with Crippen molar-refractivity contribution in [3.05, 3.63) is 0 Å². The Labute approximate surface area is 328 Å². The van der Waals surface area contributed by atoms with Crippen molar-refractivity contribution < 1.29 is 63.9 Å². The Morgan fingerprint density at radius 1 is 0.754 bits per heavy atom. The van der Waals surface area contributed by atoms with Crippen molar-refractivity contribution in [2.24, 2.45) is 27.9 Å². The number of carboxylic acids is 2. The van der Waals surface area contributed by atoms with Crippen LogP contribution in [-0.4, -0.2) is 165 Å². The largest absolute Gasteiger partial charge is 0.481 e. The number of carbonyl (C=O) groups is 8. The molecule has 18 N–H and O–H groups in total. The number of hydrogen-bond donors (Lipinski definition) is 14. The number of guanidine groups is 1. The summed E-state index contributed by atoms with van der Waals surface area (Å²) in [6.07, 6.45) is -2.66. The summed E-state index contributed by atoms with van der Waals surface area (Å²) < 4.78 is 0. The zero-order valence-corrected chi connectivity index (χ0v) is 32.1. The molecule has 9 atom stereocenters. The fourth-order valence-corrected chi connectivity index (χ4v) is 5.69. The third-order valence-electron chi connectivity index (χ3n) is 8.94. The van der Waals surface area contributed by atoms with Crippen LogP contribution in [0.3, 0.4) is 0 Å². The number of aliphatic imine (C=N–C) groups is 1. The highest BCUT2D eigenvalue weighted by Gasteiger charge is 2.40. The molecule has 0 aromatic heterocycles. The molecule has 324 valence electrons. The summed E-state index contributed by atoms with van der Waals surface area (Å²) in [7, 11) is 0. The topological polar surface area (TPSA) is 418 Å². The minimum Gasteiger partial charge on any atom is -0.481 e. The maximum atomic E-state index is 13.5. The molecule has 1 aliphatic heterocycles. The number of carboxylic acid groups (broad SMARTS) is 2. The molecule has 0 spiro atoms. The van der Waals surface area contributed by atoms with Crippen molar-refractivity contribution in [2.75, 3.05) is 26.2 Å². The van der Waals surface area contributed by atoms with E-state index in [1.54, 1.807) is 0 Å². The molecule has 24 nitrogen and oxygen atoms in total. The quantitative estimate of drug-likeness (QED) is 0.0219. The standard InChI is InChI=1S/C33H59N11O13/c1-16(46)24(35)31(55)44-14-6-9-22(44)29(53)43-25(17(2)47)30(54)40-18(7-3-4-12-34)26(50)42-21(15-45)28(52)39-19(10-11-23(48)49)27(51)41-20(32(56)57)8-5-13-38-33(36)37/h16-22,24-25,45-47H,3-15,34-35H2,1-2H3,(H,39,52)(H,40,54)(H,41,51)(H,42,50)(H,43,53)(H,48,49)(H,56,57)(H4,36,37,38). The van der Waals surface area contributed by atoms with Gasteiger partial charge in [-0.3, -0.25) is 38.6 Å². The molecule has 1 rings (SSSR count). The van der Waals surface area contributed by atoms with Crippen LogP contribution < -0.4 is 49.5 Å².